The summed E-state index contributed by atoms with van der Waals surface area (Å²) in [6, 6.07) is 3.22. The molecule has 0 bridgehead atoms. The number of alkyl halides is 3. The first-order valence-electron chi connectivity index (χ1n) is 6.62. The van der Waals surface area contributed by atoms with Crippen LogP contribution in [0.2, 0.25) is 0 Å². The van der Waals surface area contributed by atoms with E-state index in [1.165, 1.54) is 12.3 Å². The minimum absolute atomic E-state index is 0.117. The molecule has 0 aliphatic carbocycles. The summed E-state index contributed by atoms with van der Waals surface area (Å²) < 4.78 is 51.3. The Bertz CT molecular complexity index is 915. The molecule has 128 valence electrons. The highest BCUT2D eigenvalue weighted by Gasteiger charge is 2.33. The fourth-order valence-corrected chi connectivity index (χ4v) is 1.78. The zero-order valence-corrected chi connectivity index (χ0v) is 12.2. The normalized spacial score (nSPS) is 11.4. The molecule has 3 rings (SSSR count). The monoisotopic (exact) mass is 352 g/mol. The van der Waals surface area contributed by atoms with E-state index in [4.69, 9.17) is 5.73 Å². The molecule has 0 aliphatic heterocycles. The largest absolute Gasteiger partial charge is 0.433 e. The highest BCUT2D eigenvalue weighted by atomic mass is 19.4. The van der Waals surface area contributed by atoms with Crippen molar-refractivity contribution in [1.29, 1.82) is 0 Å². The number of aromatic nitrogens is 6. The minimum atomic E-state index is -4.65. The summed E-state index contributed by atoms with van der Waals surface area (Å²) in [6.07, 6.45) is -2.51. The Kier molecular flexibility index (Phi) is 4.09. The van der Waals surface area contributed by atoms with Crippen LogP contribution in [0.1, 0.15) is 5.69 Å². The van der Waals surface area contributed by atoms with Crippen LogP contribution in [0.5, 0.6) is 0 Å². The van der Waals surface area contributed by atoms with E-state index in [0.29, 0.717) is 6.07 Å². The molecule has 3 N–H and O–H groups in total. The molecule has 0 aromatic carbocycles. The molecule has 0 saturated heterocycles. The lowest BCUT2D eigenvalue weighted by molar-refractivity contribution is -0.141. The van der Waals surface area contributed by atoms with Gasteiger partial charge in [-0.3, -0.25) is 0 Å². The summed E-state index contributed by atoms with van der Waals surface area (Å²) in [5.74, 6) is -1.78. The van der Waals surface area contributed by atoms with Crippen LogP contribution >= 0.6 is 0 Å². The average molecular weight is 352 g/mol. The number of halogens is 4. The van der Waals surface area contributed by atoms with Gasteiger partial charge in [0, 0.05) is 24.1 Å². The van der Waals surface area contributed by atoms with Crippen LogP contribution in [-0.2, 0) is 6.18 Å². The van der Waals surface area contributed by atoms with Crippen LogP contribution in [-0.4, -0.2) is 29.9 Å². The first-order chi connectivity index (χ1) is 11.8. The second-order valence-electron chi connectivity index (χ2n) is 4.60. The molecular weight excluding hydrogens is 344 g/mol. The summed E-state index contributed by atoms with van der Waals surface area (Å²) >= 11 is 0. The molecule has 3 aromatic rings. The summed E-state index contributed by atoms with van der Waals surface area (Å²) in [5, 5.41) is 2.64. The Hall–Kier alpha value is -3.44. The van der Waals surface area contributed by atoms with Crippen LogP contribution in [0.3, 0.4) is 0 Å². The molecule has 25 heavy (non-hydrogen) atoms. The van der Waals surface area contributed by atoms with Crippen LogP contribution in [0, 0.1) is 5.95 Å². The Balaban J connectivity index is 1.97. The van der Waals surface area contributed by atoms with Gasteiger partial charge in [0.25, 0.3) is 0 Å². The van der Waals surface area contributed by atoms with E-state index < -0.39 is 17.8 Å². The number of rotatable bonds is 3. The van der Waals surface area contributed by atoms with Crippen molar-refractivity contribution >= 4 is 17.6 Å². The number of nitrogens with zero attached hydrogens (tertiary/aromatic N) is 6. The summed E-state index contributed by atoms with van der Waals surface area (Å²) in [7, 11) is 0. The SMILES string of the molecule is Nc1nc(Nc2ccnc(F)c2)nc(-c2nccc(C(F)(F)F)n2)n1. The van der Waals surface area contributed by atoms with Crippen LogP contribution in [0.25, 0.3) is 11.6 Å². The Morgan fingerprint density at radius 2 is 1.68 bits per heavy atom. The first kappa shape index (κ1) is 16.4. The maximum absolute atomic E-state index is 13.1. The third kappa shape index (κ3) is 3.91. The molecule has 3 heterocycles. The summed E-state index contributed by atoms with van der Waals surface area (Å²) in [5.41, 5.74) is 4.65. The Morgan fingerprint density at radius 3 is 2.40 bits per heavy atom. The van der Waals surface area contributed by atoms with Gasteiger partial charge in [0.15, 0.2) is 5.82 Å². The molecule has 0 spiro atoms. The van der Waals surface area contributed by atoms with Crippen molar-refractivity contribution in [2.75, 3.05) is 11.1 Å². The van der Waals surface area contributed by atoms with E-state index in [1.54, 1.807) is 0 Å². The smallest absolute Gasteiger partial charge is 0.368 e. The van der Waals surface area contributed by atoms with Crippen LogP contribution in [0.15, 0.2) is 30.6 Å². The van der Waals surface area contributed by atoms with Crippen molar-refractivity contribution in [2.24, 2.45) is 0 Å². The lowest BCUT2D eigenvalue weighted by Crippen LogP contribution is -2.11. The highest BCUT2D eigenvalue weighted by molar-refractivity contribution is 5.56. The fraction of sp³-hybridized carbons (Fsp3) is 0.0769. The molecule has 12 heteroatoms. The van der Waals surface area contributed by atoms with Gasteiger partial charge < -0.3 is 11.1 Å². The Labute approximate surface area is 137 Å². The van der Waals surface area contributed by atoms with Gasteiger partial charge in [-0.25, -0.2) is 15.0 Å². The van der Waals surface area contributed by atoms with Crippen LogP contribution in [0.4, 0.5) is 35.1 Å². The number of nitrogens with two attached hydrogens (primary N) is 1. The number of hydrogen-bond acceptors (Lipinski definition) is 8. The molecule has 0 aliphatic rings. The average Bonchev–Trinajstić information content (AvgIpc) is 2.54. The maximum atomic E-state index is 13.1. The molecule has 0 radical (unpaired) electrons. The van der Waals surface area contributed by atoms with Gasteiger partial charge in [0.1, 0.15) is 5.69 Å². The molecule has 0 amide bonds. The standard InChI is InChI=1S/C13H8F4N8/c14-8-5-6(1-3-19-8)21-12-24-10(23-11(18)25-12)9-20-4-2-7(22-9)13(15,16)17/h1-5H,(H3,18,19,21,23,24,25). The number of nitrogens with one attached hydrogen (secondary N) is 1. The number of nitrogen functional groups attached to an aromatic ring is 1. The molecule has 0 unspecified atom stereocenters. The maximum Gasteiger partial charge on any atom is 0.433 e. The second kappa shape index (κ2) is 6.22. The van der Waals surface area contributed by atoms with Gasteiger partial charge in [-0.2, -0.15) is 32.5 Å². The highest BCUT2D eigenvalue weighted by Crippen LogP contribution is 2.28. The van der Waals surface area contributed by atoms with Gasteiger partial charge >= 0.3 is 6.18 Å². The lowest BCUT2D eigenvalue weighted by Gasteiger charge is -2.08. The van der Waals surface area contributed by atoms with Crippen molar-refractivity contribution in [1.82, 2.24) is 29.9 Å². The summed E-state index contributed by atoms with van der Waals surface area (Å²) in [4.78, 5) is 21.9. The van der Waals surface area contributed by atoms with Gasteiger partial charge in [-0.05, 0) is 12.1 Å². The Morgan fingerprint density at radius 1 is 0.920 bits per heavy atom. The zero-order valence-electron chi connectivity index (χ0n) is 12.2. The topological polar surface area (TPSA) is 115 Å². The fourth-order valence-electron chi connectivity index (χ4n) is 1.78. The molecule has 0 fully saturated rings. The van der Waals surface area contributed by atoms with E-state index in [0.717, 1.165) is 12.3 Å². The molecule has 8 nitrogen and oxygen atoms in total. The van der Waals surface area contributed by atoms with Gasteiger partial charge in [0.2, 0.25) is 23.7 Å². The van der Waals surface area contributed by atoms with E-state index in [1.807, 2.05) is 0 Å². The molecule has 3 aromatic heterocycles. The van der Waals surface area contributed by atoms with Crippen molar-refractivity contribution in [2.45, 2.75) is 6.18 Å². The predicted molar refractivity (Wildman–Crippen MR) is 77.7 cm³/mol. The number of pyridine rings is 1. The quantitative estimate of drug-likeness (QED) is 0.544. The second-order valence-corrected chi connectivity index (χ2v) is 4.60. The van der Waals surface area contributed by atoms with E-state index >= 15 is 0 Å². The third-order valence-electron chi connectivity index (χ3n) is 2.78. The van der Waals surface area contributed by atoms with Crippen LogP contribution < -0.4 is 11.1 Å². The number of hydrogen-bond donors (Lipinski definition) is 2. The van der Waals surface area contributed by atoms with E-state index in [9.17, 15) is 17.6 Å². The predicted octanol–water partition coefficient (Wildman–Crippen LogP) is 2.21. The van der Waals surface area contributed by atoms with Gasteiger partial charge in [-0.1, -0.05) is 0 Å². The molecule has 0 atom stereocenters. The number of anilines is 3. The zero-order chi connectivity index (χ0) is 18.0. The first-order valence-corrected chi connectivity index (χ1v) is 6.62. The lowest BCUT2D eigenvalue weighted by atomic mass is 10.4. The van der Waals surface area contributed by atoms with E-state index in [-0.39, 0.29) is 29.2 Å². The van der Waals surface area contributed by atoms with Gasteiger partial charge in [-0.15, -0.1) is 0 Å². The molecular formula is C13H8F4N8. The van der Waals surface area contributed by atoms with E-state index in [2.05, 4.69) is 35.2 Å². The third-order valence-corrected chi connectivity index (χ3v) is 2.78. The minimum Gasteiger partial charge on any atom is -0.368 e. The van der Waals surface area contributed by atoms with Crippen molar-refractivity contribution in [3.8, 4) is 11.6 Å². The van der Waals surface area contributed by atoms with Gasteiger partial charge in [0.05, 0.1) is 0 Å². The van der Waals surface area contributed by atoms with Crippen molar-refractivity contribution in [3.05, 3.63) is 42.2 Å². The summed E-state index contributed by atoms with van der Waals surface area (Å²) in [6.45, 7) is 0. The van der Waals surface area contributed by atoms with Crippen molar-refractivity contribution < 1.29 is 17.6 Å². The molecule has 0 saturated carbocycles. The van der Waals surface area contributed by atoms with Crippen molar-refractivity contribution in [3.63, 3.8) is 0 Å².